The van der Waals surface area contributed by atoms with Crippen molar-refractivity contribution in [3.63, 3.8) is 0 Å². The molecule has 3 aliphatic rings. The molecule has 1 amide bonds. The Morgan fingerprint density at radius 2 is 2.00 bits per heavy atom. The molecule has 3 rings (SSSR count). The Morgan fingerprint density at radius 3 is 2.54 bits per heavy atom. The minimum Gasteiger partial charge on any atom is -0.323 e. The van der Waals surface area contributed by atoms with E-state index in [0.717, 1.165) is 11.8 Å². The Kier molecular flexibility index (Phi) is 1.48. The Bertz CT molecular complexity index is 243. The first-order chi connectivity index (χ1) is 6.25. The van der Waals surface area contributed by atoms with Gasteiger partial charge in [0.05, 0.1) is 12.7 Å². The average Bonchev–Trinajstić information content (AvgIpc) is 2.54. The molecule has 0 radical (unpaired) electrons. The van der Waals surface area contributed by atoms with Gasteiger partial charge in [-0.15, -0.1) is 0 Å². The molecule has 3 nitrogen and oxygen atoms in total. The topological polar surface area (TPSA) is 32.3 Å². The highest BCUT2D eigenvalue weighted by atomic mass is 16.2. The van der Waals surface area contributed by atoms with Crippen molar-refractivity contribution in [1.29, 1.82) is 0 Å². The van der Waals surface area contributed by atoms with Gasteiger partial charge in [-0.3, -0.25) is 10.1 Å². The highest BCUT2D eigenvalue weighted by Crippen LogP contribution is 2.53. The van der Waals surface area contributed by atoms with Crippen molar-refractivity contribution in [2.45, 2.75) is 38.4 Å². The molecule has 0 aromatic heterocycles. The molecule has 0 aromatic rings. The van der Waals surface area contributed by atoms with Crippen LogP contribution in [-0.2, 0) is 4.79 Å². The third kappa shape index (κ3) is 1.10. The van der Waals surface area contributed by atoms with Gasteiger partial charge in [0.1, 0.15) is 0 Å². The van der Waals surface area contributed by atoms with Gasteiger partial charge in [0.25, 0.3) is 0 Å². The zero-order chi connectivity index (χ0) is 9.00. The molecule has 0 spiro atoms. The SMILES string of the molecule is CC1NCC(=O)N1C1CC2CC2C1. The summed E-state index contributed by atoms with van der Waals surface area (Å²) in [7, 11) is 0. The Labute approximate surface area is 78.5 Å². The van der Waals surface area contributed by atoms with Gasteiger partial charge in [0, 0.05) is 6.04 Å². The van der Waals surface area contributed by atoms with E-state index in [1.54, 1.807) is 0 Å². The molecule has 1 heterocycles. The number of rotatable bonds is 1. The number of hydrogen-bond acceptors (Lipinski definition) is 2. The molecule has 1 aliphatic heterocycles. The van der Waals surface area contributed by atoms with Crippen LogP contribution in [-0.4, -0.2) is 29.6 Å². The summed E-state index contributed by atoms with van der Waals surface area (Å²) < 4.78 is 0. The van der Waals surface area contributed by atoms with E-state index < -0.39 is 0 Å². The maximum Gasteiger partial charge on any atom is 0.238 e. The third-order valence-corrected chi connectivity index (χ3v) is 3.87. The van der Waals surface area contributed by atoms with Crippen molar-refractivity contribution in [2.75, 3.05) is 6.54 Å². The Morgan fingerprint density at radius 1 is 1.31 bits per heavy atom. The molecule has 3 fully saturated rings. The van der Waals surface area contributed by atoms with Gasteiger partial charge < -0.3 is 4.90 Å². The van der Waals surface area contributed by atoms with Crippen LogP contribution in [0.3, 0.4) is 0 Å². The normalized spacial score (nSPS) is 48.4. The zero-order valence-corrected chi connectivity index (χ0v) is 7.99. The maximum atomic E-state index is 11.6. The summed E-state index contributed by atoms with van der Waals surface area (Å²) in [5.41, 5.74) is 0. The van der Waals surface area contributed by atoms with E-state index in [9.17, 15) is 4.79 Å². The molecule has 3 heteroatoms. The van der Waals surface area contributed by atoms with E-state index in [4.69, 9.17) is 0 Å². The first-order valence-corrected chi connectivity index (χ1v) is 5.30. The molecular weight excluding hydrogens is 164 g/mol. The summed E-state index contributed by atoms with van der Waals surface area (Å²) >= 11 is 0. The van der Waals surface area contributed by atoms with E-state index in [2.05, 4.69) is 17.1 Å². The van der Waals surface area contributed by atoms with Crippen LogP contribution in [0.5, 0.6) is 0 Å². The maximum absolute atomic E-state index is 11.6. The zero-order valence-electron chi connectivity index (χ0n) is 7.99. The van der Waals surface area contributed by atoms with E-state index in [0.29, 0.717) is 18.5 Å². The third-order valence-electron chi connectivity index (χ3n) is 3.87. The van der Waals surface area contributed by atoms with Crippen molar-refractivity contribution in [3.05, 3.63) is 0 Å². The largest absolute Gasteiger partial charge is 0.323 e. The van der Waals surface area contributed by atoms with Crippen LogP contribution >= 0.6 is 0 Å². The number of nitrogens with zero attached hydrogens (tertiary/aromatic N) is 1. The van der Waals surface area contributed by atoms with Gasteiger partial charge in [-0.2, -0.15) is 0 Å². The first-order valence-electron chi connectivity index (χ1n) is 5.30. The molecule has 1 saturated heterocycles. The van der Waals surface area contributed by atoms with E-state index in [1.807, 2.05) is 0 Å². The lowest BCUT2D eigenvalue weighted by Gasteiger charge is -2.28. The summed E-state index contributed by atoms with van der Waals surface area (Å²) in [5, 5.41) is 3.20. The summed E-state index contributed by atoms with van der Waals surface area (Å²) in [6, 6.07) is 0.557. The second-order valence-electron chi connectivity index (χ2n) is 4.74. The minimum atomic E-state index is 0.273. The summed E-state index contributed by atoms with van der Waals surface area (Å²) in [6.45, 7) is 2.64. The van der Waals surface area contributed by atoms with Crippen molar-refractivity contribution in [2.24, 2.45) is 11.8 Å². The van der Waals surface area contributed by atoms with Crippen LogP contribution in [0.1, 0.15) is 26.2 Å². The number of carbonyl (C=O) groups is 1. The number of fused-ring (bicyclic) bond motifs is 1. The van der Waals surface area contributed by atoms with Crippen LogP contribution < -0.4 is 5.32 Å². The van der Waals surface area contributed by atoms with Crippen molar-refractivity contribution < 1.29 is 4.79 Å². The lowest BCUT2D eigenvalue weighted by molar-refractivity contribution is -0.130. The minimum absolute atomic E-state index is 0.273. The number of amides is 1. The average molecular weight is 180 g/mol. The highest BCUT2D eigenvalue weighted by Gasteiger charge is 2.49. The predicted octanol–water partition coefficient (Wildman–Crippen LogP) is 0.563. The predicted molar refractivity (Wildman–Crippen MR) is 48.9 cm³/mol. The van der Waals surface area contributed by atoms with Crippen LogP contribution in [0.2, 0.25) is 0 Å². The van der Waals surface area contributed by atoms with E-state index in [-0.39, 0.29) is 6.17 Å². The molecule has 0 aromatic carbocycles. The van der Waals surface area contributed by atoms with E-state index >= 15 is 0 Å². The van der Waals surface area contributed by atoms with Crippen LogP contribution in [0.25, 0.3) is 0 Å². The number of hydrogen-bond donors (Lipinski definition) is 1. The molecule has 0 bridgehead atoms. The molecule has 1 N–H and O–H groups in total. The van der Waals surface area contributed by atoms with Gasteiger partial charge in [0.2, 0.25) is 5.91 Å². The Hall–Kier alpha value is -0.570. The van der Waals surface area contributed by atoms with Crippen LogP contribution in [0, 0.1) is 11.8 Å². The molecule has 3 atom stereocenters. The second kappa shape index (κ2) is 2.47. The number of carbonyl (C=O) groups excluding carboxylic acids is 1. The fourth-order valence-electron chi connectivity index (χ4n) is 3.07. The summed E-state index contributed by atoms with van der Waals surface area (Å²) in [6.07, 6.45) is 4.24. The summed E-state index contributed by atoms with van der Waals surface area (Å²) in [5.74, 6) is 2.23. The standard InChI is InChI=1S/C10H16N2O/c1-6-11-5-10(13)12(6)9-3-7-2-8(7)4-9/h6-9,11H,2-5H2,1H3. The Balaban J connectivity index is 1.73. The van der Waals surface area contributed by atoms with Crippen LogP contribution in [0.4, 0.5) is 0 Å². The summed E-state index contributed by atoms with van der Waals surface area (Å²) in [4.78, 5) is 13.6. The van der Waals surface area contributed by atoms with Gasteiger partial charge in [0.15, 0.2) is 0 Å². The highest BCUT2D eigenvalue weighted by molar-refractivity contribution is 5.81. The number of nitrogens with one attached hydrogen (secondary N) is 1. The van der Waals surface area contributed by atoms with Gasteiger partial charge in [-0.25, -0.2) is 0 Å². The van der Waals surface area contributed by atoms with Gasteiger partial charge in [-0.1, -0.05) is 0 Å². The van der Waals surface area contributed by atoms with Gasteiger partial charge in [-0.05, 0) is 38.0 Å². The lowest BCUT2D eigenvalue weighted by Crippen LogP contribution is -2.42. The van der Waals surface area contributed by atoms with Gasteiger partial charge >= 0.3 is 0 Å². The molecule has 2 aliphatic carbocycles. The van der Waals surface area contributed by atoms with Crippen molar-refractivity contribution in [3.8, 4) is 0 Å². The molecule has 2 saturated carbocycles. The van der Waals surface area contributed by atoms with Crippen molar-refractivity contribution in [1.82, 2.24) is 10.2 Å². The smallest absolute Gasteiger partial charge is 0.238 e. The lowest BCUT2D eigenvalue weighted by atomic mass is 10.1. The second-order valence-corrected chi connectivity index (χ2v) is 4.74. The first kappa shape index (κ1) is 7.80. The fourth-order valence-corrected chi connectivity index (χ4v) is 3.07. The van der Waals surface area contributed by atoms with E-state index in [1.165, 1.54) is 19.3 Å². The van der Waals surface area contributed by atoms with Crippen molar-refractivity contribution >= 4 is 5.91 Å². The molecule has 3 unspecified atom stereocenters. The fraction of sp³-hybridized carbons (Fsp3) is 0.900. The molecule has 13 heavy (non-hydrogen) atoms. The van der Waals surface area contributed by atoms with Crippen LogP contribution in [0.15, 0.2) is 0 Å². The quantitative estimate of drug-likeness (QED) is 0.639. The molecule has 72 valence electrons. The molecular formula is C10H16N2O. The monoisotopic (exact) mass is 180 g/mol.